The topological polar surface area (TPSA) is 67.4 Å². The maximum atomic E-state index is 12.6. The minimum absolute atomic E-state index is 0.263. The predicted molar refractivity (Wildman–Crippen MR) is 87.2 cm³/mol. The summed E-state index contributed by atoms with van der Waals surface area (Å²) < 4.78 is 33.0. The van der Waals surface area contributed by atoms with Crippen molar-refractivity contribution in [3.8, 4) is 5.75 Å². The molecule has 0 spiro atoms. The number of ether oxygens (including phenoxy) is 1. The van der Waals surface area contributed by atoms with Gasteiger partial charge in [-0.25, -0.2) is 8.42 Å². The van der Waals surface area contributed by atoms with Gasteiger partial charge < -0.3 is 10.1 Å². The van der Waals surface area contributed by atoms with Crippen LogP contribution >= 0.6 is 0 Å². The number of hydrogen-bond donors (Lipinski definition) is 2. The zero-order valence-corrected chi connectivity index (χ0v) is 13.3. The normalized spacial score (nSPS) is 13.4. The van der Waals surface area contributed by atoms with Crippen molar-refractivity contribution >= 4 is 21.4 Å². The van der Waals surface area contributed by atoms with Gasteiger partial charge in [0.1, 0.15) is 5.75 Å². The molecule has 1 heterocycles. The van der Waals surface area contributed by atoms with Gasteiger partial charge in [0.2, 0.25) is 0 Å². The molecule has 116 valence electrons. The van der Waals surface area contributed by atoms with Gasteiger partial charge in [-0.1, -0.05) is 6.07 Å². The van der Waals surface area contributed by atoms with Crippen LogP contribution in [0.4, 0.5) is 11.4 Å². The van der Waals surface area contributed by atoms with E-state index >= 15 is 0 Å². The van der Waals surface area contributed by atoms with Crippen molar-refractivity contribution < 1.29 is 13.2 Å². The zero-order valence-electron chi connectivity index (χ0n) is 12.5. The largest absolute Gasteiger partial charge is 0.495 e. The van der Waals surface area contributed by atoms with Gasteiger partial charge in [0.15, 0.2) is 0 Å². The number of aryl methyl sites for hydroxylation is 1. The van der Waals surface area contributed by atoms with Gasteiger partial charge in [-0.15, -0.1) is 0 Å². The Hall–Kier alpha value is -2.21. The van der Waals surface area contributed by atoms with Gasteiger partial charge in [-0.05, 0) is 54.8 Å². The van der Waals surface area contributed by atoms with E-state index in [1.54, 1.807) is 24.3 Å². The van der Waals surface area contributed by atoms with Crippen molar-refractivity contribution in [2.45, 2.75) is 18.2 Å². The van der Waals surface area contributed by atoms with Gasteiger partial charge >= 0.3 is 0 Å². The Labute approximate surface area is 130 Å². The van der Waals surface area contributed by atoms with Gasteiger partial charge in [0.05, 0.1) is 17.7 Å². The Bertz CT molecular complexity index is 816. The molecule has 0 aliphatic carbocycles. The van der Waals surface area contributed by atoms with E-state index < -0.39 is 10.0 Å². The first-order chi connectivity index (χ1) is 10.5. The average Bonchev–Trinajstić information content (AvgIpc) is 2.94. The minimum atomic E-state index is -3.64. The monoisotopic (exact) mass is 318 g/mol. The highest BCUT2D eigenvalue weighted by Gasteiger charge is 2.19. The Morgan fingerprint density at radius 3 is 2.77 bits per heavy atom. The Balaban J connectivity index is 1.96. The fourth-order valence-electron chi connectivity index (χ4n) is 2.55. The maximum absolute atomic E-state index is 12.6. The molecule has 0 radical (unpaired) electrons. The summed E-state index contributed by atoms with van der Waals surface area (Å²) >= 11 is 0. The molecule has 22 heavy (non-hydrogen) atoms. The highest BCUT2D eigenvalue weighted by Crippen LogP contribution is 2.30. The van der Waals surface area contributed by atoms with Gasteiger partial charge in [0.25, 0.3) is 10.0 Å². The van der Waals surface area contributed by atoms with E-state index in [2.05, 4.69) is 10.0 Å². The van der Waals surface area contributed by atoms with E-state index in [0.717, 1.165) is 29.8 Å². The Morgan fingerprint density at radius 1 is 1.18 bits per heavy atom. The quantitative estimate of drug-likeness (QED) is 0.909. The third-order valence-electron chi connectivity index (χ3n) is 3.70. The molecule has 0 atom stereocenters. The molecule has 1 aliphatic heterocycles. The fraction of sp³-hybridized carbons (Fsp3) is 0.250. The standard InChI is InChI=1S/C16H18N2O3S/c1-11-3-6-16(21-2)15(9-11)18-22(19,20)13-4-5-14-12(10-13)7-8-17-14/h3-6,9-10,17-18H,7-8H2,1-2H3. The highest BCUT2D eigenvalue weighted by atomic mass is 32.2. The first-order valence-corrected chi connectivity index (χ1v) is 8.52. The third-order valence-corrected chi connectivity index (χ3v) is 5.06. The summed E-state index contributed by atoms with van der Waals surface area (Å²) in [5, 5.41) is 3.22. The van der Waals surface area contributed by atoms with E-state index in [9.17, 15) is 8.42 Å². The molecule has 5 nitrogen and oxygen atoms in total. The molecule has 0 fully saturated rings. The fourth-order valence-corrected chi connectivity index (χ4v) is 3.67. The number of nitrogens with one attached hydrogen (secondary N) is 2. The SMILES string of the molecule is COc1ccc(C)cc1NS(=O)(=O)c1ccc2c(c1)CCN2. The van der Waals surface area contributed by atoms with Crippen LogP contribution in [0.15, 0.2) is 41.3 Å². The number of anilines is 2. The van der Waals surface area contributed by atoms with Crippen LogP contribution < -0.4 is 14.8 Å². The van der Waals surface area contributed by atoms with Gasteiger partial charge in [-0.3, -0.25) is 4.72 Å². The smallest absolute Gasteiger partial charge is 0.262 e. The second kappa shape index (κ2) is 5.53. The molecule has 1 aliphatic rings. The van der Waals surface area contributed by atoms with Crippen LogP contribution in [-0.2, 0) is 16.4 Å². The molecule has 0 saturated heterocycles. The summed E-state index contributed by atoms with van der Waals surface area (Å²) in [7, 11) is -2.12. The van der Waals surface area contributed by atoms with Crippen LogP contribution in [0.1, 0.15) is 11.1 Å². The lowest BCUT2D eigenvalue weighted by Crippen LogP contribution is -2.14. The molecular formula is C16H18N2O3S. The lowest BCUT2D eigenvalue weighted by atomic mass is 10.2. The van der Waals surface area contributed by atoms with Crippen molar-refractivity contribution in [2.75, 3.05) is 23.7 Å². The molecule has 0 bridgehead atoms. The number of hydrogen-bond acceptors (Lipinski definition) is 4. The molecule has 6 heteroatoms. The molecule has 0 amide bonds. The van der Waals surface area contributed by atoms with Gasteiger partial charge in [-0.2, -0.15) is 0 Å². The Morgan fingerprint density at radius 2 is 2.00 bits per heavy atom. The second-order valence-electron chi connectivity index (χ2n) is 5.30. The number of rotatable bonds is 4. The van der Waals surface area contributed by atoms with Crippen LogP contribution in [0.3, 0.4) is 0 Å². The van der Waals surface area contributed by atoms with E-state index in [1.165, 1.54) is 7.11 Å². The summed E-state index contributed by atoms with van der Waals surface area (Å²) in [6, 6.07) is 10.5. The molecular weight excluding hydrogens is 300 g/mol. The van der Waals surface area contributed by atoms with E-state index in [-0.39, 0.29) is 4.90 Å². The highest BCUT2D eigenvalue weighted by molar-refractivity contribution is 7.92. The molecule has 0 unspecified atom stereocenters. The summed E-state index contributed by atoms with van der Waals surface area (Å²) in [5.41, 5.74) is 3.43. The van der Waals surface area contributed by atoms with E-state index in [1.807, 2.05) is 19.1 Å². The maximum Gasteiger partial charge on any atom is 0.262 e. The summed E-state index contributed by atoms with van der Waals surface area (Å²) in [4.78, 5) is 0.263. The van der Waals surface area contributed by atoms with Crippen LogP contribution in [0.25, 0.3) is 0 Å². The predicted octanol–water partition coefficient (Wildman–Crippen LogP) is 2.77. The first-order valence-electron chi connectivity index (χ1n) is 7.04. The van der Waals surface area contributed by atoms with Crippen LogP contribution in [0.5, 0.6) is 5.75 Å². The van der Waals surface area contributed by atoms with Crippen LogP contribution in [0.2, 0.25) is 0 Å². The molecule has 3 rings (SSSR count). The number of sulfonamides is 1. The number of fused-ring (bicyclic) bond motifs is 1. The lowest BCUT2D eigenvalue weighted by Gasteiger charge is -2.13. The number of benzene rings is 2. The van der Waals surface area contributed by atoms with E-state index in [0.29, 0.717) is 11.4 Å². The Kier molecular flexibility index (Phi) is 3.70. The molecule has 2 aromatic carbocycles. The molecule has 0 saturated carbocycles. The molecule has 0 aromatic heterocycles. The number of methoxy groups -OCH3 is 1. The lowest BCUT2D eigenvalue weighted by molar-refractivity contribution is 0.417. The third kappa shape index (κ3) is 2.74. The second-order valence-corrected chi connectivity index (χ2v) is 6.99. The summed E-state index contributed by atoms with van der Waals surface area (Å²) in [6.07, 6.45) is 0.840. The zero-order chi connectivity index (χ0) is 15.7. The van der Waals surface area contributed by atoms with Crippen molar-refractivity contribution in [1.82, 2.24) is 0 Å². The molecule has 2 N–H and O–H groups in total. The average molecular weight is 318 g/mol. The summed E-state index contributed by atoms with van der Waals surface area (Å²) in [6.45, 7) is 2.75. The van der Waals surface area contributed by atoms with Crippen molar-refractivity contribution in [2.24, 2.45) is 0 Å². The summed E-state index contributed by atoms with van der Waals surface area (Å²) in [5.74, 6) is 0.497. The van der Waals surface area contributed by atoms with Crippen molar-refractivity contribution in [1.29, 1.82) is 0 Å². The van der Waals surface area contributed by atoms with E-state index in [4.69, 9.17) is 4.74 Å². The van der Waals surface area contributed by atoms with Gasteiger partial charge in [0, 0.05) is 12.2 Å². The van der Waals surface area contributed by atoms with Crippen molar-refractivity contribution in [3.63, 3.8) is 0 Å². The van der Waals surface area contributed by atoms with Crippen LogP contribution in [0, 0.1) is 6.92 Å². The molecule has 2 aromatic rings. The first kappa shape index (κ1) is 14.7. The minimum Gasteiger partial charge on any atom is -0.495 e. The van der Waals surface area contributed by atoms with Crippen LogP contribution in [-0.4, -0.2) is 22.1 Å². The van der Waals surface area contributed by atoms with Crippen molar-refractivity contribution in [3.05, 3.63) is 47.5 Å².